The maximum absolute atomic E-state index is 13.0. The highest BCUT2D eigenvalue weighted by molar-refractivity contribution is 6.30. The maximum atomic E-state index is 13.0. The van der Waals surface area contributed by atoms with E-state index in [9.17, 15) is 9.59 Å². The van der Waals surface area contributed by atoms with Gasteiger partial charge in [0.15, 0.2) is 0 Å². The fraction of sp³-hybridized carbons (Fsp3) is 0.150. The molecule has 2 heterocycles. The Labute approximate surface area is 159 Å². The summed E-state index contributed by atoms with van der Waals surface area (Å²) in [5, 5.41) is 1.65. The van der Waals surface area contributed by atoms with E-state index in [0.29, 0.717) is 38.3 Å². The molecule has 0 saturated carbocycles. The highest BCUT2D eigenvalue weighted by Crippen LogP contribution is 2.32. The first-order valence-electron chi connectivity index (χ1n) is 8.26. The van der Waals surface area contributed by atoms with E-state index in [1.54, 1.807) is 38.4 Å². The van der Waals surface area contributed by atoms with Gasteiger partial charge in [-0.2, -0.15) is 0 Å². The molecular formula is C20H16ClN3O3. The zero-order valence-corrected chi connectivity index (χ0v) is 15.7. The summed E-state index contributed by atoms with van der Waals surface area (Å²) < 4.78 is 7.87. The van der Waals surface area contributed by atoms with Crippen molar-refractivity contribution in [3.63, 3.8) is 0 Å². The Balaban J connectivity index is 2.29. The van der Waals surface area contributed by atoms with Crippen LogP contribution in [-0.2, 0) is 14.1 Å². The first-order chi connectivity index (χ1) is 12.9. The number of aromatic nitrogens is 3. The molecule has 0 fully saturated rings. The van der Waals surface area contributed by atoms with Crippen molar-refractivity contribution in [2.45, 2.75) is 0 Å². The lowest BCUT2D eigenvalue weighted by molar-refractivity contribution is 0.415. The number of hydrogen-bond acceptors (Lipinski definition) is 4. The number of fused-ring (bicyclic) bond motifs is 3. The molecule has 4 aromatic rings. The summed E-state index contributed by atoms with van der Waals surface area (Å²) in [7, 11) is 4.68. The van der Waals surface area contributed by atoms with Gasteiger partial charge in [0.2, 0.25) is 0 Å². The number of hydrogen-bond donors (Lipinski definition) is 0. The molecule has 0 amide bonds. The van der Waals surface area contributed by atoms with Crippen LogP contribution in [0.15, 0.2) is 52.1 Å². The summed E-state index contributed by atoms with van der Waals surface area (Å²) >= 11 is 6.00. The lowest BCUT2D eigenvalue weighted by Crippen LogP contribution is -2.37. The van der Waals surface area contributed by atoms with Crippen molar-refractivity contribution in [2.24, 2.45) is 14.1 Å². The lowest BCUT2D eigenvalue weighted by atomic mass is 10.0. The monoisotopic (exact) mass is 381 g/mol. The number of ether oxygens (including phenoxy) is 1. The second-order valence-corrected chi connectivity index (χ2v) is 6.72. The van der Waals surface area contributed by atoms with Crippen molar-refractivity contribution in [1.29, 1.82) is 0 Å². The summed E-state index contributed by atoms with van der Waals surface area (Å²) in [6.07, 6.45) is 0. The molecule has 0 unspecified atom stereocenters. The Morgan fingerprint density at radius 2 is 1.70 bits per heavy atom. The summed E-state index contributed by atoms with van der Waals surface area (Å²) in [5.41, 5.74) is 1.65. The summed E-state index contributed by atoms with van der Waals surface area (Å²) in [5.74, 6) is 0.623. The zero-order chi connectivity index (χ0) is 19.3. The minimum atomic E-state index is -0.398. The molecule has 2 aromatic carbocycles. The zero-order valence-electron chi connectivity index (χ0n) is 15.0. The van der Waals surface area contributed by atoms with Gasteiger partial charge in [-0.15, -0.1) is 0 Å². The van der Waals surface area contributed by atoms with Crippen LogP contribution < -0.4 is 16.0 Å². The molecule has 0 aliphatic rings. The minimum absolute atomic E-state index is 0.377. The molecular weight excluding hydrogens is 366 g/mol. The van der Waals surface area contributed by atoms with E-state index in [-0.39, 0.29) is 0 Å². The van der Waals surface area contributed by atoms with E-state index >= 15 is 0 Å². The SMILES string of the molecule is COc1ccc2nc(-c3ccc(Cl)cc3)c3c(=O)n(C)c(=O)n(C)c3c2c1. The van der Waals surface area contributed by atoms with Gasteiger partial charge in [-0.3, -0.25) is 13.9 Å². The molecule has 136 valence electrons. The van der Waals surface area contributed by atoms with Crippen molar-refractivity contribution >= 4 is 33.4 Å². The topological polar surface area (TPSA) is 66.1 Å². The maximum Gasteiger partial charge on any atom is 0.330 e. The van der Waals surface area contributed by atoms with Gasteiger partial charge < -0.3 is 4.74 Å². The standard InChI is InChI=1S/C20H16ClN3O3/c1-23-18-14-10-13(27-3)8-9-15(14)22-17(11-4-6-12(21)7-5-11)16(18)19(25)24(2)20(23)26/h4-10H,1-3H3. The van der Waals surface area contributed by atoms with E-state index < -0.39 is 11.2 Å². The first-order valence-corrected chi connectivity index (χ1v) is 8.63. The van der Waals surface area contributed by atoms with Crippen LogP contribution in [0.2, 0.25) is 5.02 Å². The van der Waals surface area contributed by atoms with Gasteiger partial charge >= 0.3 is 5.69 Å². The molecule has 7 heteroatoms. The van der Waals surface area contributed by atoms with Crippen LogP contribution in [0.5, 0.6) is 5.75 Å². The molecule has 0 aliphatic heterocycles. The third-order valence-electron chi connectivity index (χ3n) is 4.71. The largest absolute Gasteiger partial charge is 0.497 e. The molecule has 0 bridgehead atoms. The van der Waals surface area contributed by atoms with Crippen molar-refractivity contribution in [2.75, 3.05) is 7.11 Å². The number of nitrogens with zero attached hydrogens (tertiary/aromatic N) is 3. The number of rotatable bonds is 2. The van der Waals surface area contributed by atoms with Crippen LogP contribution in [0.3, 0.4) is 0 Å². The van der Waals surface area contributed by atoms with Crippen molar-refractivity contribution in [3.05, 3.63) is 68.3 Å². The molecule has 4 rings (SSSR count). The first kappa shape index (κ1) is 17.3. The van der Waals surface area contributed by atoms with Crippen LogP contribution in [0.1, 0.15) is 0 Å². The third kappa shape index (κ3) is 2.61. The minimum Gasteiger partial charge on any atom is -0.497 e. The van der Waals surface area contributed by atoms with E-state index in [1.165, 1.54) is 11.6 Å². The molecule has 0 saturated heterocycles. The Morgan fingerprint density at radius 3 is 2.37 bits per heavy atom. The van der Waals surface area contributed by atoms with Crippen molar-refractivity contribution in [1.82, 2.24) is 14.1 Å². The second kappa shape index (κ2) is 6.25. The highest BCUT2D eigenvalue weighted by Gasteiger charge is 2.19. The molecule has 0 atom stereocenters. The normalized spacial score (nSPS) is 11.3. The average Bonchev–Trinajstić information content (AvgIpc) is 2.69. The lowest BCUT2D eigenvalue weighted by Gasteiger charge is -2.14. The van der Waals surface area contributed by atoms with Crippen molar-refractivity contribution < 1.29 is 4.74 Å². The van der Waals surface area contributed by atoms with E-state index in [2.05, 4.69) is 0 Å². The fourth-order valence-corrected chi connectivity index (χ4v) is 3.42. The molecule has 27 heavy (non-hydrogen) atoms. The quantitative estimate of drug-likeness (QED) is 0.500. The van der Waals surface area contributed by atoms with Gasteiger partial charge in [0.25, 0.3) is 5.56 Å². The van der Waals surface area contributed by atoms with Crippen LogP contribution in [0, 0.1) is 0 Å². The average molecular weight is 382 g/mol. The predicted octanol–water partition coefficient (Wildman–Crippen LogP) is 3.11. The van der Waals surface area contributed by atoms with Crippen molar-refractivity contribution in [3.8, 4) is 17.0 Å². The van der Waals surface area contributed by atoms with Crippen LogP contribution in [-0.4, -0.2) is 21.2 Å². The molecule has 6 nitrogen and oxygen atoms in total. The Hall–Kier alpha value is -3.12. The molecule has 0 aliphatic carbocycles. The molecule has 0 N–H and O–H groups in total. The second-order valence-electron chi connectivity index (χ2n) is 6.28. The van der Waals surface area contributed by atoms with Gasteiger partial charge in [0.05, 0.1) is 29.2 Å². The van der Waals surface area contributed by atoms with Gasteiger partial charge in [0, 0.05) is 30.1 Å². The van der Waals surface area contributed by atoms with Gasteiger partial charge in [-0.25, -0.2) is 9.78 Å². The molecule has 2 aromatic heterocycles. The number of benzene rings is 2. The number of methoxy groups -OCH3 is 1. The van der Waals surface area contributed by atoms with E-state index in [4.69, 9.17) is 21.3 Å². The Kier molecular flexibility index (Phi) is 4.00. The predicted molar refractivity (Wildman–Crippen MR) is 107 cm³/mol. The Morgan fingerprint density at radius 1 is 1.00 bits per heavy atom. The van der Waals surface area contributed by atoms with Crippen LogP contribution in [0.4, 0.5) is 0 Å². The summed E-state index contributed by atoms with van der Waals surface area (Å²) in [6, 6.07) is 12.5. The molecule has 0 radical (unpaired) electrons. The highest BCUT2D eigenvalue weighted by atomic mass is 35.5. The van der Waals surface area contributed by atoms with Gasteiger partial charge in [-0.1, -0.05) is 23.7 Å². The third-order valence-corrected chi connectivity index (χ3v) is 4.96. The smallest absolute Gasteiger partial charge is 0.330 e. The van der Waals surface area contributed by atoms with E-state index in [0.717, 1.165) is 10.1 Å². The summed E-state index contributed by atoms with van der Waals surface area (Å²) in [6.45, 7) is 0. The number of pyridine rings is 1. The van der Waals surface area contributed by atoms with Crippen LogP contribution in [0.25, 0.3) is 33.1 Å². The summed E-state index contributed by atoms with van der Waals surface area (Å²) in [4.78, 5) is 30.3. The fourth-order valence-electron chi connectivity index (χ4n) is 3.30. The van der Waals surface area contributed by atoms with Gasteiger partial charge in [0.1, 0.15) is 5.75 Å². The number of halogens is 1. The Bertz CT molecular complexity index is 1320. The number of aryl methyl sites for hydroxylation is 1. The van der Waals surface area contributed by atoms with E-state index in [1.807, 2.05) is 18.2 Å². The van der Waals surface area contributed by atoms with Crippen LogP contribution >= 0.6 is 11.6 Å². The van der Waals surface area contributed by atoms with Gasteiger partial charge in [-0.05, 0) is 30.3 Å². The molecule has 0 spiro atoms.